The minimum atomic E-state index is -1.27. The number of carboxylic acid groups (broad SMARTS) is 1. The molecule has 2 heterocycles. The first kappa shape index (κ1) is 17.8. The number of carbonyl (C=O) groups is 3. The van der Waals surface area contributed by atoms with Crippen molar-refractivity contribution in [3.63, 3.8) is 0 Å². The maximum atomic E-state index is 12.0. The van der Waals surface area contributed by atoms with E-state index in [4.69, 9.17) is 10.5 Å². The summed E-state index contributed by atoms with van der Waals surface area (Å²) in [4.78, 5) is 36.6. The van der Waals surface area contributed by atoms with Crippen LogP contribution in [0.5, 0.6) is 0 Å². The molecule has 128 valence electrons. The third-order valence-electron chi connectivity index (χ3n) is 3.91. The van der Waals surface area contributed by atoms with Crippen molar-refractivity contribution in [3.05, 3.63) is 10.6 Å². The van der Waals surface area contributed by atoms with Crippen molar-refractivity contribution in [1.82, 2.24) is 4.90 Å². The molecule has 0 aromatic rings. The number of rotatable bonds is 6. The smallest absolute Gasteiger partial charge is 0.353 e. The molecule has 0 aromatic carbocycles. The molecule has 0 bridgehead atoms. The molecule has 9 heteroatoms. The van der Waals surface area contributed by atoms with E-state index < -0.39 is 41.3 Å². The molecule has 1 amide bonds. The summed E-state index contributed by atoms with van der Waals surface area (Å²) >= 11 is 1.12. The summed E-state index contributed by atoms with van der Waals surface area (Å²) in [6.45, 7) is 4.78. The lowest BCUT2D eigenvalue weighted by molar-refractivity contribution is -0.156. The van der Waals surface area contributed by atoms with Gasteiger partial charge in [-0.2, -0.15) is 0 Å². The van der Waals surface area contributed by atoms with Crippen molar-refractivity contribution in [1.29, 1.82) is 0 Å². The van der Waals surface area contributed by atoms with Crippen molar-refractivity contribution < 1.29 is 29.3 Å². The number of aliphatic carboxylic acids is 1. The summed E-state index contributed by atoms with van der Waals surface area (Å²) in [5, 5.41) is 18.5. The Morgan fingerprint density at radius 2 is 2.00 bits per heavy atom. The van der Waals surface area contributed by atoms with E-state index >= 15 is 0 Å². The topological polar surface area (TPSA) is 130 Å². The maximum absolute atomic E-state index is 12.0. The van der Waals surface area contributed by atoms with Gasteiger partial charge in [-0.3, -0.25) is 14.5 Å². The molecular formula is C14H20N2O6S. The van der Waals surface area contributed by atoms with Crippen LogP contribution in [0.4, 0.5) is 0 Å². The molecule has 1 fully saturated rings. The molecule has 0 unspecified atom stereocenters. The zero-order valence-electron chi connectivity index (χ0n) is 13.1. The number of fused-ring (bicyclic) bond motifs is 1. The van der Waals surface area contributed by atoms with Crippen molar-refractivity contribution in [2.75, 3.05) is 6.61 Å². The lowest BCUT2D eigenvalue weighted by Crippen LogP contribution is -2.60. The molecular weight excluding hydrogens is 324 g/mol. The number of hydrogen-bond acceptors (Lipinski definition) is 7. The van der Waals surface area contributed by atoms with Crippen LogP contribution >= 0.6 is 11.8 Å². The van der Waals surface area contributed by atoms with Crippen molar-refractivity contribution in [2.45, 2.75) is 38.3 Å². The van der Waals surface area contributed by atoms with E-state index in [1.165, 1.54) is 6.92 Å². The molecule has 0 radical (unpaired) electrons. The van der Waals surface area contributed by atoms with E-state index in [1.807, 2.05) is 0 Å². The Hall–Kier alpha value is -1.58. The van der Waals surface area contributed by atoms with E-state index in [-0.39, 0.29) is 23.1 Å². The predicted molar refractivity (Wildman–Crippen MR) is 81.8 cm³/mol. The summed E-state index contributed by atoms with van der Waals surface area (Å²) < 4.78 is 5.08. The number of β-lactam (4-membered cyclic amide) rings is 1. The van der Waals surface area contributed by atoms with Crippen LogP contribution in [-0.4, -0.2) is 57.1 Å². The van der Waals surface area contributed by atoms with Gasteiger partial charge < -0.3 is 20.7 Å². The van der Waals surface area contributed by atoms with Gasteiger partial charge in [-0.15, -0.1) is 0 Å². The van der Waals surface area contributed by atoms with E-state index in [0.29, 0.717) is 0 Å². The van der Waals surface area contributed by atoms with Crippen LogP contribution in [0.1, 0.15) is 20.8 Å². The van der Waals surface area contributed by atoms with Crippen LogP contribution < -0.4 is 5.73 Å². The van der Waals surface area contributed by atoms with E-state index in [2.05, 4.69) is 0 Å². The Bertz CT molecular complexity index is 574. The first-order valence-corrected chi connectivity index (χ1v) is 8.11. The second-order valence-corrected chi connectivity index (χ2v) is 7.15. The summed E-state index contributed by atoms with van der Waals surface area (Å²) in [6.07, 6.45) is -0.873. The van der Waals surface area contributed by atoms with Gasteiger partial charge in [0.05, 0.1) is 16.9 Å². The Labute approximate surface area is 137 Å². The van der Waals surface area contributed by atoms with Crippen LogP contribution in [-0.2, 0) is 19.1 Å². The number of amides is 1. The molecule has 0 saturated carbocycles. The van der Waals surface area contributed by atoms with Gasteiger partial charge >= 0.3 is 11.9 Å². The average molecular weight is 344 g/mol. The van der Waals surface area contributed by atoms with Crippen LogP contribution in [0.2, 0.25) is 0 Å². The zero-order valence-corrected chi connectivity index (χ0v) is 13.9. The number of carboxylic acids is 1. The minimum absolute atomic E-state index is 0.104. The van der Waals surface area contributed by atoms with Gasteiger partial charge in [0, 0.05) is 0 Å². The van der Waals surface area contributed by atoms with Gasteiger partial charge in [-0.05, 0) is 12.8 Å². The number of nitrogens with two attached hydrogens (primary N) is 1. The quantitative estimate of drug-likeness (QED) is 0.443. The Kier molecular flexibility index (Phi) is 5.02. The Balaban J connectivity index is 2.11. The molecule has 23 heavy (non-hydrogen) atoms. The largest absolute Gasteiger partial charge is 0.477 e. The molecule has 0 aromatic heterocycles. The fraction of sp³-hybridized carbons (Fsp3) is 0.643. The number of esters is 1. The van der Waals surface area contributed by atoms with E-state index in [1.54, 1.807) is 13.8 Å². The van der Waals surface area contributed by atoms with Gasteiger partial charge in [0.1, 0.15) is 23.7 Å². The van der Waals surface area contributed by atoms with E-state index in [9.17, 15) is 24.6 Å². The lowest BCUT2D eigenvalue weighted by atomic mass is 9.92. The fourth-order valence-electron chi connectivity index (χ4n) is 2.46. The minimum Gasteiger partial charge on any atom is -0.477 e. The first-order chi connectivity index (χ1) is 10.7. The summed E-state index contributed by atoms with van der Waals surface area (Å²) in [5.41, 5.74) is 5.49. The van der Waals surface area contributed by atoms with Crippen LogP contribution in [0.3, 0.4) is 0 Å². The maximum Gasteiger partial charge on any atom is 0.353 e. The van der Waals surface area contributed by atoms with Crippen LogP contribution in [0, 0.1) is 11.8 Å². The molecule has 4 atom stereocenters. The SMILES string of the molecule is CC(C)[C@@H](N)C(=O)OCC1=C(C(=O)O)N2C(=O)[C@H]([C@@H](C)O)[C@H]2S1. The molecule has 2 rings (SSSR count). The van der Waals surface area contributed by atoms with Crippen molar-refractivity contribution in [2.24, 2.45) is 17.6 Å². The van der Waals surface area contributed by atoms with Gasteiger partial charge in [0.2, 0.25) is 5.91 Å². The highest BCUT2D eigenvalue weighted by atomic mass is 32.2. The summed E-state index contributed by atoms with van der Waals surface area (Å²) in [5.74, 6) is -3.08. The van der Waals surface area contributed by atoms with E-state index in [0.717, 1.165) is 16.7 Å². The molecule has 2 aliphatic heterocycles. The Morgan fingerprint density at radius 1 is 1.39 bits per heavy atom. The van der Waals surface area contributed by atoms with Gasteiger partial charge in [0.25, 0.3) is 0 Å². The molecule has 4 N–H and O–H groups in total. The van der Waals surface area contributed by atoms with Gasteiger partial charge in [-0.1, -0.05) is 25.6 Å². The monoisotopic (exact) mass is 344 g/mol. The molecule has 0 aliphatic carbocycles. The number of aliphatic hydroxyl groups excluding tert-OH is 1. The highest BCUT2D eigenvalue weighted by Gasteiger charge is 2.57. The molecule has 1 saturated heterocycles. The van der Waals surface area contributed by atoms with Crippen LogP contribution in [0.25, 0.3) is 0 Å². The predicted octanol–water partition coefficient (Wildman–Crippen LogP) is -0.279. The van der Waals surface area contributed by atoms with Crippen LogP contribution in [0.15, 0.2) is 10.6 Å². The number of nitrogens with zero attached hydrogens (tertiary/aromatic N) is 1. The second-order valence-electron chi connectivity index (χ2n) is 5.94. The van der Waals surface area contributed by atoms with Gasteiger partial charge in [-0.25, -0.2) is 4.79 Å². The highest BCUT2D eigenvalue weighted by Crippen LogP contribution is 2.50. The standard InChI is InChI=1S/C14H20N2O6S/c1-5(2)9(15)14(21)22-4-7-10(13(19)20)16-11(18)8(6(3)17)12(16)23-7/h5-6,8-9,12,17H,4,15H2,1-3H3,(H,19,20)/t6-,8+,9-,12-/m1/s1. The Morgan fingerprint density at radius 3 is 2.48 bits per heavy atom. The number of aliphatic hydroxyl groups is 1. The average Bonchev–Trinajstić information content (AvgIpc) is 2.77. The zero-order chi connectivity index (χ0) is 17.5. The third-order valence-corrected chi connectivity index (χ3v) is 5.25. The number of hydrogen-bond donors (Lipinski definition) is 3. The number of carbonyl (C=O) groups excluding carboxylic acids is 2. The number of thioether (sulfide) groups is 1. The van der Waals surface area contributed by atoms with Crippen molar-refractivity contribution >= 4 is 29.6 Å². The highest BCUT2D eigenvalue weighted by molar-refractivity contribution is 8.04. The lowest BCUT2D eigenvalue weighted by Gasteiger charge is -2.43. The summed E-state index contributed by atoms with van der Waals surface area (Å²) in [7, 11) is 0. The molecule has 2 aliphatic rings. The van der Waals surface area contributed by atoms with Gasteiger partial charge in [0.15, 0.2) is 0 Å². The molecule has 8 nitrogen and oxygen atoms in total. The second kappa shape index (κ2) is 6.50. The third kappa shape index (κ3) is 3.08. The van der Waals surface area contributed by atoms with Crippen molar-refractivity contribution in [3.8, 4) is 0 Å². The number of ether oxygens (including phenoxy) is 1. The fourth-order valence-corrected chi connectivity index (χ4v) is 3.98. The molecule has 0 spiro atoms. The normalized spacial score (nSPS) is 26.0. The summed E-state index contributed by atoms with van der Waals surface area (Å²) in [6, 6.07) is -0.792. The first-order valence-electron chi connectivity index (χ1n) is 7.23.